The molecule has 2 amide bonds. The predicted octanol–water partition coefficient (Wildman–Crippen LogP) is 4.61. The summed E-state index contributed by atoms with van der Waals surface area (Å²) in [5.41, 5.74) is 3.45. The number of oxazole rings is 1. The van der Waals surface area contributed by atoms with Crippen LogP contribution in [0.1, 0.15) is 42.4 Å². The van der Waals surface area contributed by atoms with Gasteiger partial charge in [0.1, 0.15) is 6.26 Å². The Labute approximate surface area is 176 Å². The molecule has 30 heavy (non-hydrogen) atoms. The third-order valence-corrected chi connectivity index (χ3v) is 4.58. The third kappa shape index (κ3) is 5.56. The summed E-state index contributed by atoms with van der Waals surface area (Å²) < 4.78 is 5.55. The fourth-order valence-corrected chi connectivity index (χ4v) is 2.71. The number of hydrogen-bond donors (Lipinski definition) is 2. The van der Waals surface area contributed by atoms with Crippen molar-refractivity contribution in [3.63, 3.8) is 0 Å². The lowest BCUT2D eigenvalue weighted by Crippen LogP contribution is -2.28. The van der Waals surface area contributed by atoms with Crippen molar-refractivity contribution in [1.82, 2.24) is 10.3 Å². The van der Waals surface area contributed by atoms with Gasteiger partial charge in [-0.25, -0.2) is 4.98 Å². The zero-order valence-electron chi connectivity index (χ0n) is 17.8. The first-order valence-electron chi connectivity index (χ1n) is 9.93. The van der Waals surface area contributed by atoms with Gasteiger partial charge in [-0.3, -0.25) is 9.59 Å². The molecule has 0 radical (unpaired) electrons. The fourth-order valence-electron chi connectivity index (χ4n) is 2.71. The summed E-state index contributed by atoms with van der Waals surface area (Å²) in [5.74, 6) is 0.262. The van der Waals surface area contributed by atoms with Gasteiger partial charge in [0, 0.05) is 35.2 Å². The van der Waals surface area contributed by atoms with Gasteiger partial charge in [0.25, 0.3) is 5.91 Å². The lowest BCUT2D eigenvalue weighted by molar-refractivity contribution is -0.123. The largest absolute Gasteiger partial charge is 0.444 e. The van der Waals surface area contributed by atoms with Crippen LogP contribution < -0.4 is 10.6 Å². The molecule has 2 N–H and O–H groups in total. The molecular weight excluding hydrogens is 378 g/mol. The molecule has 0 unspecified atom stereocenters. The molecule has 0 spiro atoms. The number of aryl methyl sites for hydroxylation is 1. The number of carbonyl (C=O) groups excluding carboxylic acids is 2. The Bertz CT molecular complexity index is 1030. The average molecular weight is 405 g/mol. The minimum atomic E-state index is -0.507. The fraction of sp³-hybridized carbons (Fsp3) is 0.292. The second kappa shape index (κ2) is 8.95. The van der Waals surface area contributed by atoms with Gasteiger partial charge in [-0.1, -0.05) is 44.5 Å². The zero-order chi connectivity index (χ0) is 21.7. The Morgan fingerprint density at radius 2 is 1.80 bits per heavy atom. The summed E-state index contributed by atoms with van der Waals surface area (Å²) in [4.78, 5) is 29.1. The van der Waals surface area contributed by atoms with Crippen molar-refractivity contribution in [2.45, 2.75) is 34.1 Å². The van der Waals surface area contributed by atoms with Gasteiger partial charge >= 0.3 is 0 Å². The molecule has 0 bridgehead atoms. The molecule has 3 aromatic rings. The van der Waals surface area contributed by atoms with Crippen LogP contribution in [0.2, 0.25) is 0 Å². The van der Waals surface area contributed by atoms with E-state index in [1.807, 2.05) is 52.0 Å². The van der Waals surface area contributed by atoms with Crippen LogP contribution in [-0.2, 0) is 11.2 Å². The van der Waals surface area contributed by atoms with Crippen molar-refractivity contribution in [3.8, 4) is 11.5 Å². The second-order valence-corrected chi connectivity index (χ2v) is 8.30. The van der Waals surface area contributed by atoms with Gasteiger partial charge in [-0.2, -0.15) is 0 Å². The Balaban J connectivity index is 1.54. The second-order valence-electron chi connectivity index (χ2n) is 8.30. The van der Waals surface area contributed by atoms with E-state index in [0.717, 1.165) is 11.3 Å². The number of anilines is 1. The van der Waals surface area contributed by atoms with Gasteiger partial charge in [-0.15, -0.1) is 0 Å². The summed E-state index contributed by atoms with van der Waals surface area (Å²) in [7, 11) is 0. The Hall–Kier alpha value is -3.41. The molecule has 0 fully saturated rings. The summed E-state index contributed by atoms with van der Waals surface area (Å²) in [6, 6.07) is 14.9. The van der Waals surface area contributed by atoms with Crippen LogP contribution in [0.25, 0.3) is 11.5 Å². The van der Waals surface area contributed by atoms with E-state index >= 15 is 0 Å². The van der Waals surface area contributed by atoms with Gasteiger partial charge in [0.05, 0.1) is 5.69 Å². The molecule has 0 saturated heterocycles. The van der Waals surface area contributed by atoms with Crippen LogP contribution >= 0.6 is 0 Å². The predicted molar refractivity (Wildman–Crippen MR) is 117 cm³/mol. The van der Waals surface area contributed by atoms with Crippen molar-refractivity contribution in [3.05, 3.63) is 71.6 Å². The average Bonchev–Trinajstić information content (AvgIpc) is 3.17. The lowest BCUT2D eigenvalue weighted by Gasteiger charge is -2.18. The summed E-state index contributed by atoms with van der Waals surface area (Å²) in [6.07, 6.45) is 2.17. The number of nitrogens with zero attached hydrogens (tertiary/aromatic N) is 1. The van der Waals surface area contributed by atoms with Crippen molar-refractivity contribution in [2.24, 2.45) is 5.41 Å². The smallest absolute Gasteiger partial charge is 0.251 e. The van der Waals surface area contributed by atoms with E-state index in [9.17, 15) is 9.59 Å². The summed E-state index contributed by atoms with van der Waals surface area (Å²) in [5, 5.41) is 5.72. The van der Waals surface area contributed by atoms with E-state index in [1.54, 1.807) is 30.5 Å². The monoisotopic (exact) mass is 405 g/mol. The highest BCUT2D eigenvalue weighted by atomic mass is 16.3. The van der Waals surface area contributed by atoms with Crippen LogP contribution in [-0.4, -0.2) is 23.3 Å². The van der Waals surface area contributed by atoms with E-state index in [4.69, 9.17) is 4.42 Å². The molecule has 0 aliphatic heterocycles. The van der Waals surface area contributed by atoms with Gasteiger partial charge in [0.2, 0.25) is 11.8 Å². The molecule has 6 nitrogen and oxygen atoms in total. The molecule has 0 saturated carbocycles. The van der Waals surface area contributed by atoms with E-state index in [2.05, 4.69) is 15.6 Å². The number of hydrogen-bond acceptors (Lipinski definition) is 4. The number of amides is 2. The first kappa shape index (κ1) is 21.3. The minimum Gasteiger partial charge on any atom is -0.444 e. The number of benzene rings is 2. The summed E-state index contributed by atoms with van der Waals surface area (Å²) >= 11 is 0. The molecule has 0 aliphatic carbocycles. The maximum Gasteiger partial charge on any atom is 0.251 e. The van der Waals surface area contributed by atoms with E-state index < -0.39 is 5.41 Å². The van der Waals surface area contributed by atoms with E-state index in [1.165, 1.54) is 5.56 Å². The number of carbonyl (C=O) groups is 2. The summed E-state index contributed by atoms with van der Waals surface area (Å²) in [6.45, 7) is 7.98. The molecule has 0 aliphatic rings. The number of aromatic nitrogens is 1. The molecule has 1 heterocycles. The highest BCUT2D eigenvalue weighted by molar-refractivity contribution is 5.98. The molecule has 3 rings (SSSR count). The first-order valence-corrected chi connectivity index (χ1v) is 9.93. The van der Waals surface area contributed by atoms with Crippen LogP contribution in [0, 0.1) is 12.3 Å². The molecular formula is C24H27N3O3. The maximum absolute atomic E-state index is 12.5. The molecule has 156 valence electrons. The SMILES string of the molecule is Cc1ccc(-c2nc(CCNC(=O)c3cccc(NC(=O)C(C)(C)C)c3)co2)cc1. The Morgan fingerprint density at radius 3 is 2.50 bits per heavy atom. The van der Waals surface area contributed by atoms with E-state index in [-0.39, 0.29) is 11.8 Å². The van der Waals surface area contributed by atoms with Crippen molar-refractivity contribution in [1.29, 1.82) is 0 Å². The Morgan fingerprint density at radius 1 is 1.07 bits per heavy atom. The maximum atomic E-state index is 12.5. The highest BCUT2D eigenvalue weighted by Gasteiger charge is 2.21. The molecule has 0 atom stereocenters. The standard InChI is InChI=1S/C24H27N3O3/c1-16-8-10-17(11-9-16)22-26-20(15-30-22)12-13-25-21(28)18-6-5-7-19(14-18)27-23(29)24(2,3)4/h5-11,14-15H,12-13H2,1-4H3,(H,25,28)(H,27,29). The van der Waals surface area contributed by atoms with Gasteiger partial charge in [-0.05, 0) is 37.3 Å². The third-order valence-electron chi connectivity index (χ3n) is 4.58. The lowest BCUT2D eigenvalue weighted by atomic mass is 9.95. The van der Waals surface area contributed by atoms with Crippen LogP contribution in [0.5, 0.6) is 0 Å². The zero-order valence-corrected chi connectivity index (χ0v) is 17.8. The van der Waals surface area contributed by atoms with Crippen LogP contribution in [0.15, 0.2) is 59.2 Å². The topological polar surface area (TPSA) is 84.2 Å². The molecule has 6 heteroatoms. The highest BCUT2D eigenvalue weighted by Crippen LogP contribution is 2.20. The van der Waals surface area contributed by atoms with Crippen LogP contribution in [0.3, 0.4) is 0 Å². The van der Waals surface area contributed by atoms with Crippen molar-refractivity contribution < 1.29 is 14.0 Å². The van der Waals surface area contributed by atoms with E-state index in [0.29, 0.717) is 30.1 Å². The van der Waals surface area contributed by atoms with Gasteiger partial charge in [0.15, 0.2) is 0 Å². The Kier molecular flexibility index (Phi) is 6.35. The number of nitrogens with one attached hydrogen (secondary N) is 2. The molecule has 2 aromatic carbocycles. The normalized spacial score (nSPS) is 11.2. The van der Waals surface area contributed by atoms with Crippen LogP contribution in [0.4, 0.5) is 5.69 Å². The number of rotatable bonds is 6. The van der Waals surface area contributed by atoms with Crippen molar-refractivity contribution >= 4 is 17.5 Å². The quantitative estimate of drug-likeness (QED) is 0.627. The minimum absolute atomic E-state index is 0.101. The first-order chi connectivity index (χ1) is 14.2. The molecule has 1 aromatic heterocycles. The van der Waals surface area contributed by atoms with Crippen molar-refractivity contribution in [2.75, 3.05) is 11.9 Å². The van der Waals surface area contributed by atoms with Gasteiger partial charge < -0.3 is 15.1 Å².